The highest BCUT2D eigenvalue weighted by atomic mass is 16.7. The second-order valence-corrected chi connectivity index (χ2v) is 4.21. The molecule has 1 fully saturated rings. The van der Waals surface area contributed by atoms with E-state index in [4.69, 9.17) is 14.2 Å². The standard InChI is InChI=1S/C14H20O3/c1-2-6-13(7-3-1)12-15-10-11-17-14-8-4-5-9-16-14/h1-3,6-7,14H,4-5,8-12H2. The van der Waals surface area contributed by atoms with Crippen LogP contribution in [-0.4, -0.2) is 26.1 Å². The Hall–Kier alpha value is -0.900. The summed E-state index contributed by atoms with van der Waals surface area (Å²) < 4.78 is 16.6. The van der Waals surface area contributed by atoms with Crippen LogP contribution >= 0.6 is 0 Å². The summed E-state index contributed by atoms with van der Waals surface area (Å²) in [4.78, 5) is 0. The second-order valence-electron chi connectivity index (χ2n) is 4.21. The Labute approximate surface area is 103 Å². The van der Waals surface area contributed by atoms with E-state index in [0.717, 1.165) is 19.4 Å². The molecule has 1 heterocycles. The highest BCUT2D eigenvalue weighted by Crippen LogP contribution is 2.13. The van der Waals surface area contributed by atoms with Gasteiger partial charge in [-0.2, -0.15) is 0 Å². The van der Waals surface area contributed by atoms with E-state index >= 15 is 0 Å². The molecule has 0 bridgehead atoms. The summed E-state index contributed by atoms with van der Waals surface area (Å²) >= 11 is 0. The molecular weight excluding hydrogens is 216 g/mol. The molecule has 1 aromatic rings. The average molecular weight is 236 g/mol. The van der Waals surface area contributed by atoms with Crippen molar-refractivity contribution in [1.29, 1.82) is 0 Å². The Kier molecular flexibility index (Phi) is 5.49. The first-order valence-corrected chi connectivity index (χ1v) is 6.30. The maximum atomic E-state index is 5.57. The van der Waals surface area contributed by atoms with Gasteiger partial charge in [-0.05, 0) is 24.8 Å². The Morgan fingerprint density at radius 1 is 1.12 bits per heavy atom. The molecule has 1 atom stereocenters. The second kappa shape index (κ2) is 7.43. The van der Waals surface area contributed by atoms with Crippen molar-refractivity contribution in [3.63, 3.8) is 0 Å². The van der Waals surface area contributed by atoms with Gasteiger partial charge in [-0.25, -0.2) is 0 Å². The Morgan fingerprint density at radius 2 is 2.00 bits per heavy atom. The number of hydrogen-bond acceptors (Lipinski definition) is 3. The van der Waals surface area contributed by atoms with Crippen LogP contribution < -0.4 is 0 Å². The number of hydrogen-bond donors (Lipinski definition) is 0. The van der Waals surface area contributed by atoms with Gasteiger partial charge in [0, 0.05) is 6.61 Å². The van der Waals surface area contributed by atoms with Crippen LogP contribution in [0.3, 0.4) is 0 Å². The normalized spacial score (nSPS) is 20.4. The zero-order valence-corrected chi connectivity index (χ0v) is 10.1. The molecule has 3 heteroatoms. The smallest absolute Gasteiger partial charge is 0.157 e. The van der Waals surface area contributed by atoms with Crippen molar-refractivity contribution >= 4 is 0 Å². The van der Waals surface area contributed by atoms with Crippen molar-refractivity contribution in [2.75, 3.05) is 19.8 Å². The Morgan fingerprint density at radius 3 is 2.76 bits per heavy atom. The summed E-state index contributed by atoms with van der Waals surface area (Å²) in [6.45, 7) is 2.71. The Bertz CT molecular complexity index is 294. The van der Waals surface area contributed by atoms with Gasteiger partial charge in [-0.15, -0.1) is 0 Å². The quantitative estimate of drug-likeness (QED) is 0.711. The molecule has 0 aliphatic carbocycles. The molecule has 0 aromatic heterocycles. The van der Waals surface area contributed by atoms with E-state index in [0.29, 0.717) is 19.8 Å². The van der Waals surface area contributed by atoms with E-state index < -0.39 is 0 Å². The fourth-order valence-corrected chi connectivity index (χ4v) is 1.85. The van der Waals surface area contributed by atoms with Crippen LogP contribution in [0.1, 0.15) is 24.8 Å². The molecule has 0 amide bonds. The Balaban J connectivity index is 1.51. The van der Waals surface area contributed by atoms with Crippen LogP contribution in [0.2, 0.25) is 0 Å². The van der Waals surface area contributed by atoms with E-state index in [1.54, 1.807) is 0 Å². The highest BCUT2D eigenvalue weighted by Gasteiger charge is 2.13. The fraction of sp³-hybridized carbons (Fsp3) is 0.571. The van der Waals surface area contributed by atoms with Gasteiger partial charge in [0.1, 0.15) is 0 Å². The summed E-state index contributed by atoms with van der Waals surface area (Å²) in [6.07, 6.45) is 3.36. The number of benzene rings is 1. The van der Waals surface area contributed by atoms with E-state index in [2.05, 4.69) is 12.1 Å². The summed E-state index contributed by atoms with van der Waals surface area (Å²) in [5.74, 6) is 0. The lowest BCUT2D eigenvalue weighted by Gasteiger charge is -2.22. The maximum absolute atomic E-state index is 5.57. The van der Waals surface area contributed by atoms with Crippen LogP contribution in [-0.2, 0) is 20.8 Å². The van der Waals surface area contributed by atoms with E-state index in [-0.39, 0.29) is 6.29 Å². The largest absolute Gasteiger partial charge is 0.374 e. The maximum Gasteiger partial charge on any atom is 0.157 e. The summed E-state index contributed by atoms with van der Waals surface area (Å²) in [5.41, 5.74) is 1.20. The van der Waals surface area contributed by atoms with Crippen LogP contribution in [0.25, 0.3) is 0 Å². The van der Waals surface area contributed by atoms with Gasteiger partial charge in [0.15, 0.2) is 6.29 Å². The van der Waals surface area contributed by atoms with Crippen molar-refractivity contribution in [2.45, 2.75) is 32.2 Å². The lowest BCUT2D eigenvalue weighted by molar-refractivity contribution is -0.169. The topological polar surface area (TPSA) is 27.7 Å². The molecule has 1 aromatic carbocycles. The van der Waals surface area contributed by atoms with Crippen molar-refractivity contribution in [3.05, 3.63) is 35.9 Å². The fourth-order valence-electron chi connectivity index (χ4n) is 1.85. The van der Waals surface area contributed by atoms with Gasteiger partial charge in [0.05, 0.1) is 19.8 Å². The minimum Gasteiger partial charge on any atom is -0.374 e. The number of rotatable bonds is 6. The molecular formula is C14H20O3. The van der Waals surface area contributed by atoms with Gasteiger partial charge in [-0.1, -0.05) is 30.3 Å². The van der Waals surface area contributed by atoms with Crippen molar-refractivity contribution in [3.8, 4) is 0 Å². The molecule has 3 nitrogen and oxygen atoms in total. The number of ether oxygens (including phenoxy) is 3. The molecule has 1 aliphatic rings. The lowest BCUT2D eigenvalue weighted by atomic mass is 10.2. The lowest BCUT2D eigenvalue weighted by Crippen LogP contribution is -2.23. The van der Waals surface area contributed by atoms with Crippen LogP contribution in [0.4, 0.5) is 0 Å². The summed E-state index contributed by atoms with van der Waals surface area (Å²) in [5, 5.41) is 0. The minimum atomic E-state index is -0.0101. The van der Waals surface area contributed by atoms with Gasteiger partial charge >= 0.3 is 0 Å². The first-order chi connectivity index (χ1) is 8.45. The van der Waals surface area contributed by atoms with Crippen molar-refractivity contribution < 1.29 is 14.2 Å². The molecule has 0 spiro atoms. The van der Waals surface area contributed by atoms with Gasteiger partial charge in [0.25, 0.3) is 0 Å². The molecule has 1 saturated heterocycles. The van der Waals surface area contributed by atoms with E-state index in [1.807, 2.05) is 18.2 Å². The highest BCUT2D eigenvalue weighted by molar-refractivity contribution is 5.13. The zero-order chi connectivity index (χ0) is 11.8. The van der Waals surface area contributed by atoms with E-state index in [1.165, 1.54) is 12.0 Å². The SMILES string of the molecule is c1ccc(COCCOC2CCCCO2)cc1. The van der Waals surface area contributed by atoms with Gasteiger partial charge in [0.2, 0.25) is 0 Å². The van der Waals surface area contributed by atoms with Gasteiger partial charge < -0.3 is 14.2 Å². The molecule has 1 unspecified atom stereocenters. The van der Waals surface area contributed by atoms with Gasteiger partial charge in [-0.3, -0.25) is 0 Å². The molecule has 0 radical (unpaired) electrons. The van der Waals surface area contributed by atoms with Crippen molar-refractivity contribution in [1.82, 2.24) is 0 Å². The summed E-state index contributed by atoms with van der Waals surface area (Å²) in [6, 6.07) is 10.2. The summed E-state index contributed by atoms with van der Waals surface area (Å²) in [7, 11) is 0. The molecule has 0 N–H and O–H groups in total. The molecule has 0 saturated carbocycles. The van der Waals surface area contributed by atoms with Crippen LogP contribution in [0.5, 0.6) is 0 Å². The van der Waals surface area contributed by atoms with E-state index in [9.17, 15) is 0 Å². The predicted molar refractivity (Wildman–Crippen MR) is 65.6 cm³/mol. The van der Waals surface area contributed by atoms with Crippen LogP contribution in [0, 0.1) is 0 Å². The first-order valence-electron chi connectivity index (χ1n) is 6.30. The predicted octanol–water partition coefficient (Wildman–Crippen LogP) is 2.75. The molecule has 2 rings (SSSR count). The third-order valence-electron chi connectivity index (χ3n) is 2.78. The van der Waals surface area contributed by atoms with Crippen LogP contribution in [0.15, 0.2) is 30.3 Å². The third kappa shape index (κ3) is 4.86. The monoisotopic (exact) mass is 236 g/mol. The first kappa shape index (κ1) is 12.6. The molecule has 17 heavy (non-hydrogen) atoms. The third-order valence-corrected chi connectivity index (χ3v) is 2.78. The molecule has 94 valence electrons. The minimum absolute atomic E-state index is 0.0101. The zero-order valence-electron chi connectivity index (χ0n) is 10.1. The average Bonchev–Trinajstić information content (AvgIpc) is 2.41. The van der Waals surface area contributed by atoms with Crippen molar-refractivity contribution in [2.24, 2.45) is 0 Å². The molecule has 1 aliphatic heterocycles.